The molecule has 0 aliphatic rings. The number of hydrogen-bond acceptors (Lipinski definition) is 4. The van der Waals surface area contributed by atoms with Crippen LogP contribution in [0.1, 0.15) is 52.9 Å². The molecule has 4 nitrogen and oxygen atoms in total. The predicted octanol–water partition coefficient (Wildman–Crippen LogP) is 4.90. The Labute approximate surface area is 152 Å². The number of rotatable bonds is 11. The van der Waals surface area contributed by atoms with E-state index >= 15 is 0 Å². The fraction of sp³-hybridized carbons (Fsp3) is 0.875. The molecular weight excluding hydrogens is 389 g/mol. The van der Waals surface area contributed by atoms with E-state index in [9.17, 15) is 40.3 Å². The molecule has 11 heteroatoms. The molecule has 1 atom stereocenters. The van der Waals surface area contributed by atoms with Crippen LogP contribution in [0.4, 0.5) is 30.7 Å². The zero-order chi connectivity index (χ0) is 21.5. The van der Waals surface area contributed by atoms with Crippen LogP contribution in [-0.2, 0) is 19.1 Å². The van der Waals surface area contributed by atoms with Crippen molar-refractivity contribution in [1.29, 1.82) is 0 Å². The molecule has 0 aliphatic heterocycles. The van der Waals surface area contributed by atoms with Crippen LogP contribution in [0.25, 0.3) is 0 Å². The van der Waals surface area contributed by atoms with E-state index in [1.807, 2.05) is 20.8 Å². The monoisotopic (exact) mass is 412 g/mol. The van der Waals surface area contributed by atoms with Crippen LogP contribution in [0.15, 0.2) is 0 Å². The summed E-state index contributed by atoms with van der Waals surface area (Å²) >= 11 is 0. The molecule has 0 aromatic heterocycles. The van der Waals surface area contributed by atoms with Crippen LogP contribution in [0.5, 0.6) is 0 Å². The largest absolute Gasteiger partial charge is 0.462 e. The molecule has 0 aliphatic carbocycles. The summed E-state index contributed by atoms with van der Waals surface area (Å²) in [5.41, 5.74) is 0. The van der Waals surface area contributed by atoms with Crippen LogP contribution in [0.3, 0.4) is 0 Å². The zero-order valence-electron chi connectivity index (χ0n) is 15.2. The Morgan fingerprint density at radius 3 is 1.89 bits per heavy atom. The highest BCUT2D eigenvalue weighted by Crippen LogP contribution is 2.46. The van der Waals surface area contributed by atoms with Crippen molar-refractivity contribution < 1.29 is 49.8 Å². The van der Waals surface area contributed by atoms with Crippen molar-refractivity contribution in [2.24, 2.45) is 5.92 Å². The molecule has 0 radical (unpaired) electrons. The molecule has 0 heterocycles. The molecule has 0 bridgehead atoms. The molecule has 0 saturated heterocycles. The van der Waals surface area contributed by atoms with Crippen LogP contribution in [0, 0.1) is 5.92 Å². The lowest BCUT2D eigenvalue weighted by Crippen LogP contribution is -2.54. The minimum Gasteiger partial charge on any atom is -0.462 e. The zero-order valence-corrected chi connectivity index (χ0v) is 15.2. The average Bonchev–Trinajstić information content (AvgIpc) is 2.51. The highest BCUT2D eigenvalue weighted by atomic mass is 19.4. The summed E-state index contributed by atoms with van der Waals surface area (Å²) in [6.07, 6.45) is -6.45. The second kappa shape index (κ2) is 10.1. The fourth-order valence-electron chi connectivity index (χ4n) is 1.96. The summed E-state index contributed by atoms with van der Waals surface area (Å²) < 4.78 is 96.1. The molecule has 0 aromatic carbocycles. The molecule has 0 aromatic rings. The summed E-state index contributed by atoms with van der Waals surface area (Å²) in [6.45, 7) is 3.18. The lowest BCUT2D eigenvalue weighted by atomic mass is 10.0. The van der Waals surface area contributed by atoms with Crippen LogP contribution >= 0.6 is 0 Å². The van der Waals surface area contributed by atoms with Gasteiger partial charge >= 0.3 is 30.0 Å². The van der Waals surface area contributed by atoms with Crippen LogP contribution in [-0.4, -0.2) is 42.7 Å². The maximum atomic E-state index is 13.0. The van der Waals surface area contributed by atoms with Crippen LogP contribution in [0.2, 0.25) is 0 Å². The second-order valence-corrected chi connectivity index (χ2v) is 6.35. The van der Waals surface area contributed by atoms with Gasteiger partial charge in [0, 0.05) is 12.8 Å². The molecule has 1 unspecified atom stereocenters. The lowest BCUT2D eigenvalue weighted by Gasteiger charge is -2.27. The van der Waals surface area contributed by atoms with Gasteiger partial charge in [-0.15, -0.1) is 0 Å². The van der Waals surface area contributed by atoms with Crippen molar-refractivity contribution in [1.82, 2.24) is 0 Å². The van der Waals surface area contributed by atoms with Crippen molar-refractivity contribution >= 4 is 11.9 Å². The van der Waals surface area contributed by atoms with E-state index in [4.69, 9.17) is 4.74 Å². The standard InChI is InChI=1S/C16H23F7O4/c1-4-6-11(10(2)3)27-13(25)8-5-7-12(24)26-9-14(17,18)15(19,20)16(21,22)23/h10-11H,4-9H2,1-3H3. The normalized spacial score (nSPS) is 14.2. The Morgan fingerprint density at radius 1 is 0.926 bits per heavy atom. The van der Waals surface area contributed by atoms with Crippen molar-refractivity contribution in [3.8, 4) is 0 Å². The van der Waals surface area contributed by atoms with E-state index in [0.717, 1.165) is 6.42 Å². The van der Waals surface area contributed by atoms with Gasteiger partial charge in [0.15, 0.2) is 6.61 Å². The Bertz CT molecular complexity index is 490. The van der Waals surface area contributed by atoms with E-state index < -0.39 is 43.0 Å². The Morgan fingerprint density at radius 2 is 1.44 bits per heavy atom. The van der Waals surface area contributed by atoms with E-state index in [0.29, 0.717) is 6.42 Å². The summed E-state index contributed by atoms with van der Waals surface area (Å²) in [6, 6.07) is 0. The maximum absolute atomic E-state index is 13.0. The minimum atomic E-state index is -6.49. The number of alkyl halides is 7. The highest BCUT2D eigenvalue weighted by Gasteiger charge is 2.73. The van der Waals surface area contributed by atoms with Gasteiger partial charge in [0.2, 0.25) is 0 Å². The van der Waals surface area contributed by atoms with Gasteiger partial charge in [-0.25, -0.2) is 0 Å². The molecule has 0 saturated carbocycles. The van der Waals surface area contributed by atoms with E-state index in [-0.39, 0.29) is 24.9 Å². The topological polar surface area (TPSA) is 52.6 Å². The first-order chi connectivity index (χ1) is 12.2. The Hall–Kier alpha value is -1.55. The molecular formula is C16H23F7O4. The van der Waals surface area contributed by atoms with Crippen molar-refractivity contribution in [2.45, 2.75) is 77.0 Å². The summed E-state index contributed by atoms with van der Waals surface area (Å²) in [5.74, 6) is -13.9. The third-order valence-corrected chi connectivity index (χ3v) is 3.59. The quantitative estimate of drug-likeness (QED) is 0.358. The van der Waals surface area contributed by atoms with Gasteiger partial charge in [-0.2, -0.15) is 30.7 Å². The van der Waals surface area contributed by atoms with Crippen molar-refractivity contribution in [2.75, 3.05) is 6.61 Å². The van der Waals surface area contributed by atoms with Gasteiger partial charge in [0.25, 0.3) is 0 Å². The smallest absolute Gasteiger partial charge is 0.460 e. The lowest BCUT2D eigenvalue weighted by molar-refractivity contribution is -0.359. The Kier molecular flexibility index (Phi) is 9.54. The average molecular weight is 412 g/mol. The highest BCUT2D eigenvalue weighted by molar-refractivity contribution is 5.72. The third-order valence-electron chi connectivity index (χ3n) is 3.59. The number of carbonyl (C=O) groups excluding carboxylic acids is 2. The summed E-state index contributed by atoms with van der Waals surface area (Å²) in [7, 11) is 0. The fourth-order valence-corrected chi connectivity index (χ4v) is 1.96. The minimum absolute atomic E-state index is 0.0661. The molecule has 0 amide bonds. The summed E-state index contributed by atoms with van der Waals surface area (Å²) in [4.78, 5) is 22.9. The van der Waals surface area contributed by atoms with Gasteiger partial charge in [-0.05, 0) is 18.8 Å². The Balaban J connectivity index is 4.37. The number of halogens is 7. The number of hydrogen-bond donors (Lipinski definition) is 0. The molecule has 0 fully saturated rings. The maximum Gasteiger partial charge on any atom is 0.460 e. The van der Waals surface area contributed by atoms with Gasteiger partial charge in [0.1, 0.15) is 6.10 Å². The van der Waals surface area contributed by atoms with E-state index in [1.165, 1.54) is 0 Å². The van der Waals surface area contributed by atoms with E-state index in [1.54, 1.807) is 0 Å². The molecule has 160 valence electrons. The van der Waals surface area contributed by atoms with E-state index in [2.05, 4.69) is 4.74 Å². The molecule has 27 heavy (non-hydrogen) atoms. The third kappa shape index (κ3) is 7.92. The number of carbonyl (C=O) groups is 2. The van der Waals surface area contributed by atoms with Crippen molar-refractivity contribution in [3.05, 3.63) is 0 Å². The van der Waals surface area contributed by atoms with Crippen molar-refractivity contribution in [3.63, 3.8) is 0 Å². The number of ether oxygens (including phenoxy) is 2. The summed E-state index contributed by atoms with van der Waals surface area (Å²) in [5, 5.41) is 0. The van der Waals surface area contributed by atoms with Gasteiger partial charge in [0.05, 0.1) is 0 Å². The van der Waals surface area contributed by atoms with Gasteiger partial charge < -0.3 is 9.47 Å². The van der Waals surface area contributed by atoms with Crippen LogP contribution < -0.4 is 0 Å². The molecule has 0 spiro atoms. The molecule has 0 rings (SSSR count). The first-order valence-corrected chi connectivity index (χ1v) is 8.33. The predicted molar refractivity (Wildman–Crippen MR) is 80.4 cm³/mol. The second-order valence-electron chi connectivity index (χ2n) is 6.35. The SMILES string of the molecule is CCCC(OC(=O)CCCC(=O)OCC(F)(F)C(F)(F)C(F)(F)F)C(C)C. The number of esters is 2. The first-order valence-electron chi connectivity index (χ1n) is 8.33. The molecule has 0 N–H and O–H groups in total. The van der Waals surface area contributed by atoms with Gasteiger partial charge in [-0.1, -0.05) is 27.2 Å². The first kappa shape index (κ1) is 25.4. The van der Waals surface area contributed by atoms with Gasteiger partial charge in [-0.3, -0.25) is 9.59 Å².